The summed E-state index contributed by atoms with van der Waals surface area (Å²) in [6, 6.07) is 11.9. The average molecular weight is 380 g/mol. The van der Waals surface area contributed by atoms with Crippen LogP contribution in [0.15, 0.2) is 48.8 Å². The van der Waals surface area contributed by atoms with Gasteiger partial charge in [-0.15, -0.1) is 0 Å². The standard InChI is InChI=1S/C23H29N3O2/c1-3-26(21-6-4-5-17(2)15-21)23(28)20-9-7-19(8-10-20)22(27)25-16-18-11-13-24-14-12-18/h4-6,11-15,19-20H,3,7-10,16H2,1-2H3,(H,25,27). The Labute approximate surface area is 167 Å². The molecule has 5 heteroatoms. The Kier molecular flexibility index (Phi) is 6.80. The first-order valence-electron chi connectivity index (χ1n) is 10.1. The van der Waals surface area contributed by atoms with E-state index in [1.807, 2.05) is 49.1 Å². The maximum Gasteiger partial charge on any atom is 0.230 e. The van der Waals surface area contributed by atoms with Crippen molar-refractivity contribution in [3.63, 3.8) is 0 Å². The number of hydrogen-bond acceptors (Lipinski definition) is 3. The molecular formula is C23H29N3O2. The number of hydrogen-bond donors (Lipinski definition) is 1. The predicted molar refractivity (Wildman–Crippen MR) is 111 cm³/mol. The Bertz CT molecular complexity index is 799. The second-order valence-corrected chi connectivity index (χ2v) is 7.54. The lowest BCUT2D eigenvalue weighted by atomic mass is 9.80. The molecule has 0 radical (unpaired) electrons. The molecule has 0 spiro atoms. The van der Waals surface area contributed by atoms with Crippen molar-refractivity contribution >= 4 is 17.5 Å². The van der Waals surface area contributed by atoms with Crippen molar-refractivity contribution in [2.45, 2.75) is 46.1 Å². The molecule has 1 aromatic heterocycles. The molecule has 1 heterocycles. The zero-order valence-corrected chi connectivity index (χ0v) is 16.7. The highest BCUT2D eigenvalue weighted by molar-refractivity contribution is 5.95. The van der Waals surface area contributed by atoms with E-state index in [-0.39, 0.29) is 23.7 Å². The van der Waals surface area contributed by atoms with Gasteiger partial charge in [0.2, 0.25) is 11.8 Å². The van der Waals surface area contributed by atoms with Crippen LogP contribution in [0.4, 0.5) is 5.69 Å². The second-order valence-electron chi connectivity index (χ2n) is 7.54. The Morgan fingerprint density at radius 1 is 1.07 bits per heavy atom. The largest absolute Gasteiger partial charge is 0.352 e. The van der Waals surface area contributed by atoms with Gasteiger partial charge in [-0.05, 0) is 74.9 Å². The Morgan fingerprint density at radius 3 is 2.39 bits per heavy atom. The molecular weight excluding hydrogens is 350 g/mol. The van der Waals surface area contributed by atoms with E-state index in [2.05, 4.69) is 16.4 Å². The van der Waals surface area contributed by atoms with Crippen molar-refractivity contribution in [1.29, 1.82) is 0 Å². The summed E-state index contributed by atoms with van der Waals surface area (Å²) in [6.45, 7) is 5.24. The number of nitrogens with one attached hydrogen (secondary N) is 1. The van der Waals surface area contributed by atoms with E-state index in [0.717, 1.165) is 42.5 Å². The van der Waals surface area contributed by atoms with E-state index >= 15 is 0 Å². The summed E-state index contributed by atoms with van der Waals surface area (Å²) < 4.78 is 0. The Hall–Kier alpha value is -2.69. The average Bonchev–Trinajstić information content (AvgIpc) is 2.73. The molecule has 1 aliphatic rings. The number of rotatable bonds is 6. The van der Waals surface area contributed by atoms with E-state index in [4.69, 9.17) is 0 Å². The number of anilines is 1. The zero-order chi connectivity index (χ0) is 19.9. The predicted octanol–water partition coefficient (Wildman–Crippen LogP) is 3.87. The van der Waals surface area contributed by atoms with Crippen LogP contribution in [0.2, 0.25) is 0 Å². The highest BCUT2D eigenvalue weighted by Crippen LogP contribution is 2.31. The second kappa shape index (κ2) is 9.49. The number of benzene rings is 1. The van der Waals surface area contributed by atoms with Crippen molar-refractivity contribution in [3.8, 4) is 0 Å². The van der Waals surface area contributed by atoms with Gasteiger partial charge >= 0.3 is 0 Å². The van der Waals surface area contributed by atoms with Gasteiger partial charge < -0.3 is 10.2 Å². The molecule has 0 bridgehead atoms. The molecule has 0 atom stereocenters. The first-order chi connectivity index (χ1) is 13.6. The minimum atomic E-state index is -0.0000616. The van der Waals surface area contributed by atoms with Crippen molar-refractivity contribution in [2.24, 2.45) is 11.8 Å². The lowest BCUT2D eigenvalue weighted by Crippen LogP contribution is -2.40. The van der Waals surface area contributed by atoms with Gasteiger partial charge in [0.1, 0.15) is 0 Å². The Balaban J connectivity index is 1.52. The molecule has 148 valence electrons. The molecule has 28 heavy (non-hydrogen) atoms. The third-order valence-corrected chi connectivity index (χ3v) is 5.56. The van der Waals surface area contributed by atoms with E-state index in [1.54, 1.807) is 12.4 Å². The van der Waals surface area contributed by atoms with Gasteiger partial charge in [-0.2, -0.15) is 0 Å². The fourth-order valence-electron chi connectivity index (χ4n) is 3.92. The number of carbonyl (C=O) groups is 2. The minimum absolute atomic E-state index is 0.0000616. The quantitative estimate of drug-likeness (QED) is 0.829. The summed E-state index contributed by atoms with van der Waals surface area (Å²) in [5.74, 6) is 0.280. The monoisotopic (exact) mass is 379 g/mol. The van der Waals surface area contributed by atoms with Gasteiger partial charge in [0, 0.05) is 43.0 Å². The molecule has 1 fully saturated rings. The summed E-state index contributed by atoms with van der Waals surface area (Å²) in [4.78, 5) is 31.4. The maximum atomic E-state index is 13.0. The van der Waals surface area contributed by atoms with Crippen molar-refractivity contribution < 1.29 is 9.59 Å². The first kappa shape index (κ1) is 20.1. The maximum absolute atomic E-state index is 13.0. The van der Waals surface area contributed by atoms with Crippen LogP contribution in [0.5, 0.6) is 0 Å². The molecule has 0 saturated heterocycles. The lowest BCUT2D eigenvalue weighted by molar-refractivity contribution is -0.129. The third kappa shape index (κ3) is 4.97. The van der Waals surface area contributed by atoms with Crippen LogP contribution in [0, 0.1) is 18.8 Å². The highest BCUT2D eigenvalue weighted by Gasteiger charge is 2.32. The van der Waals surface area contributed by atoms with Gasteiger partial charge in [-0.25, -0.2) is 0 Å². The summed E-state index contributed by atoms with van der Waals surface area (Å²) in [6.07, 6.45) is 6.54. The minimum Gasteiger partial charge on any atom is -0.352 e. The van der Waals surface area contributed by atoms with Crippen molar-refractivity contribution in [1.82, 2.24) is 10.3 Å². The van der Waals surface area contributed by atoms with Gasteiger partial charge in [0.15, 0.2) is 0 Å². The fraction of sp³-hybridized carbons (Fsp3) is 0.435. The van der Waals surface area contributed by atoms with Crippen LogP contribution in [0.25, 0.3) is 0 Å². The van der Waals surface area contributed by atoms with Crippen LogP contribution in [0.1, 0.15) is 43.7 Å². The smallest absolute Gasteiger partial charge is 0.230 e. The van der Waals surface area contributed by atoms with Gasteiger partial charge in [0.05, 0.1) is 0 Å². The number of carbonyl (C=O) groups excluding carboxylic acids is 2. The number of aromatic nitrogens is 1. The topological polar surface area (TPSA) is 62.3 Å². The summed E-state index contributed by atoms with van der Waals surface area (Å²) >= 11 is 0. The van der Waals surface area contributed by atoms with E-state index in [9.17, 15) is 9.59 Å². The first-order valence-corrected chi connectivity index (χ1v) is 10.1. The molecule has 1 N–H and O–H groups in total. The van der Waals surface area contributed by atoms with Crippen molar-refractivity contribution in [3.05, 3.63) is 59.9 Å². The van der Waals surface area contributed by atoms with Crippen LogP contribution in [-0.2, 0) is 16.1 Å². The van der Waals surface area contributed by atoms with Crippen LogP contribution in [0.3, 0.4) is 0 Å². The lowest BCUT2D eigenvalue weighted by Gasteiger charge is -2.31. The van der Waals surface area contributed by atoms with Crippen molar-refractivity contribution in [2.75, 3.05) is 11.4 Å². The fourth-order valence-corrected chi connectivity index (χ4v) is 3.92. The molecule has 1 saturated carbocycles. The number of nitrogens with zero attached hydrogens (tertiary/aromatic N) is 2. The normalized spacial score (nSPS) is 19.1. The summed E-state index contributed by atoms with van der Waals surface area (Å²) in [5.41, 5.74) is 3.16. The number of aryl methyl sites for hydroxylation is 1. The molecule has 3 rings (SSSR count). The number of amides is 2. The molecule has 1 aliphatic carbocycles. The summed E-state index contributed by atoms with van der Waals surface area (Å²) in [7, 11) is 0. The third-order valence-electron chi connectivity index (χ3n) is 5.56. The van der Waals surface area contributed by atoms with E-state index in [0.29, 0.717) is 13.1 Å². The highest BCUT2D eigenvalue weighted by atomic mass is 16.2. The van der Waals surface area contributed by atoms with Gasteiger partial charge in [-0.3, -0.25) is 14.6 Å². The molecule has 2 amide bonds. The molecule has 0 unspecified atom stereocenters. The molecule has 2 aromatic rings. The SMILES string of the molecule is CCN(C(=O)C1CCC(C(=O)NCc2ccncc2)CC1)c1cccc(C)c1. The molecule has 5 nitrogen and oxygen atoms in total. The zero-order valence-electron chi connectivity index (χ0n) is 16.7. The van der Waals surface area contributed by atoms with Crippen LogP contribution in [-0.4, -0.2) is 23.3 Å². The van der Waals surface area contributed by atoms with E-state index in [1.165, 1.54) is 0 Å². The van der Waals surface area contributed by atoms with Crippen LogP contribution >= 0.6 is 0 Å². The molecule has 1 aromatic carbocycles. The Morgan fingerprint density at radius 2 is 1.75 bits per heavy atom. The number of pyridine rings is 1. The van der Waals surface area contributed by atoms with Gasteiger partial charge in [0.25, 0.3) is 0 Å². The summed E-state index contributed by atoms with van der Waals surface area (Å²) in [5, 5.41) is 3.02. The van der Waals surface area contributed by atoms with Crippen LogP contribution < -0.4 is 10.2 Å². The van der Waals surface area contributed by atoms with Gasteiger partial charge in [-0.1, -0.05) is 12.1 Å². The molecule has 0 aliphatic heterocycles. The van der Waals surface area contributed by atoms with E-state index < -0.39 is 0 Å².